The first-order chi connectivity index (χ1) is 13.9. The predicted molar refractivity (Wildman–Crippen MR) is 109 cm³/mol. The van der Waals surface area contributed by atoms with Crippen LogP contribution < -0.4 is 10.5 Å². The van der Waals surface area contributed by atoms with Crippen molar-refractivity contribution in [3.63, 3.8) is 0 Å². The molecular formula is C20H17ClN2O5S. The Morgan fingerprint density at radius 3 is 2.93 bits per heavy atom. The van der Waals surface area contributed by atoms with E-state index in [9.17, 15) is 14.4 Å². The van der Waals surface area contributed by atoms with Gasteiger partial charge in [-0.1, -0.05) is 11.6 Å². The Labute approximate surface area is 174 Å². The first-order valence-corrected chi connectivity index (χ1v) is 10.3. The Morgan fingerprint density at radius 1 is 1.34 bits per heavy atom. The van der Waals surface area contributed by atoms with E-state index in [-0.39, 0.29) is 18.9 Å². The van der Waals surface area contributed by atoms with E-state index in [2.05, 4.69) is 4.98 Å². The van der Waals surface area contributed by atoms with E-state index >= 15 is 0 Å². The first-order valence-electron chi connectivity index (χ1n) is 9.04. The molecule has 0 atom stereocenters. The van der Waals surface area contributed by atoms with Gasteiger partial charge in [-0.3, -0.25) is 14.5 Å². The van der Waals surface area contributed by atoms with Crippen molar-refractivity contribution in [2.45, 2.75) is 32.8 Å². The summed E-state index contributed by atoms with van der Waals surface area (Å²) >= 11 is 7.50. The summed E-state index contributed by atoms with van der Waals surface area (Å²) in [6.45, 7) is 2.39. The molecule has 0 N–H and O–H groups in total. The van der Waals surface area contributed by atoms with Crippen LogP contribution in [0.5, 0.6) is 0 Å². The first kappa shape index (κ1) is 19.6. The zero-order valence-electron chi connectivity index (χ0n) is 15.6. The fourth-order valence-electron chi connectivity index (χ4n) is 3.18. The number of hydrogen-bond donors (Lipinski definition) is 0. The maximum absolute atomic E-state index is 12.3. The SMILES string of the molecule is Cc1cc2oc(=O)cc(COC(=O)Cc3csc(N4CCCC4=O)n3)c2cc1Cl. The second-order valence-electron chi connectivity index (χ2n) is 6.80. The summed E-state index contributed by atoms with van der Waals surface area (Å²) in [6, 6.07) is 4.67. The molecule has 0 bridgehead atoms. The highest BCUT2D eigenvalue weighted by atomic mass is 35.5. The van der Waals surface area contributed by atoms with Gasteiger partial charge in [0, 0.05) is 40.4 Å². The summed E-state index contributed by atoms with van der Waals surface area (Å²) in [5.74, 6) is -0.425. The highest BCUT2D eigenvalue weighted by Crippen LogP contribution is 2.27. The van der Waals surface area contributed by atoms with Gasteiger partial charge in [0.15, 0.2) is 5.13 Å². The molecule has 1 aliphatic rings. The highest BCUT2D eigenvalue weighted by Gasteiger charge is 2.24. The largest absolute Gasteiger partial charge is 0.460 e. The van der Waals surface area contributed by atoms with Crippen molar-refractivity contribution in [3.8, 4) is 0 Å². The number of aryl methyl sites for hydroxylation is 1. The number of ether oxygens (including phenoxy) is 1. The molecule has 150 valence electrons. The second kappa shape index (κ2) is 7.96. The van der Waals surface area contributed by atoms with Crippen LogP contribution in [-0.2, 0) is 27.4 Å². The number of fused-ring (bicyclic) bond motifs is 1. The van der Waals surface area contributed by atoms with Crippen LogP contribution in [0.3, 0.4) is 0 Å². The number of benzene rings is 1. The number of hydrogen-bond acceptors (Lipinski definition) is 7. The average Bonchev–Trinajstić information content (AvgIpc) is 3.29. The van der Waals surface area contributed by atoms with Gasteiger partial charge in [0.1, 0.15) is 12.2 Å². The summed E-state index contributed by atoms with van der Waals surface area (Å²) in [5.41, 5.74) is 1.72. The molecule has 1 amide bonds. The van der Waals surface area contributed by atoms with Gasteiger partial charge in [0.2, 0.25) is 5.91 Å². The minimum absolute atomic E-state index is 0.0161. The number of carbonyl (C=O) groups is 2. The van der Waals surface area contributed by atoms with E-state index in [0.29, 0.717) is 45.3 Å². The molecule has 7 nitrogen and oxygen atoms in total. The van der Waals surface area contributed by atoms with Gasteiger partial charge in [-0.15, -0.1) is 11.3 Å². The lowest BCUT2D eigenvalue weighted by molar-refractivity contribution is -0.144. The summed E-state index contributed by atoms with van der Waals surface area (Å²) in [4.78, 5) is 41.9. The summed E-state index contributed by atoms with van der Waals surface area (Å²) in [5, 5.41) is 3.51. The van der Waals surface area contributed by atoms with Crippen molar-refractivity contribution in [1.82, 2.24) is 4.98 Å². The van der Waals surface area contributed by atoms with E-state index in [0.717, 1.165) is 12.0 Å². The lowest BCUT2D eigenvalue weighted by atomic mass is 10.1. The van der Waals surface area contributed by atoms with Gasteiger partial charge in [-0.25, -0.2) is 9.78 Å². The minimum atomic E-state index is -0.523. The fourth-order valence-corrected chi connectivity index (χ4v) is 4.21. The standard InChI is InChI=1S/C20H17ClN2O5S/c1-11-5-16-14(8-15(11)21)12(6-19(26)28-16)9-27-18(25)7-13-10-29-20(22-13)23-4-2-3-17(23)24/h5-6,8,10H,2-4,7,9H2,1H3. The summed E-state index contributed by atoms with van der Waals surface area (Å²) in [7, 11) is 0. The number of carbonyl (C=O) groups excluding carboxylic acids is 2. The molecule has 0 aliphatic carbocycles. The molecule has 0 saturated carbocycles. The smallest absolute Gasteiger partial charge is 0.336 e. The van der Waals surface area contributed by atoms with Crippen molar-refractivity contribution in [3.05, 3.63) is 55.8 Å². The number of rotatable bonds is 5. The topological polar surface area (TPSA) is 89.7 Å². The number of thiazole rings is 1. The molecule has 9 heteroatoms. The molecule has 29 heavy (non-hydrogen) atoms. The molecule has 0 spiro atoms. The maximum atomic E-state index is 12.3. The molecule has 3 aromatic rings. The Morgan fingerprint density at radius 2 is 2.17 bits per heavy atom. The van der Waals surface area contributed by atoms with E-state index in [1.165, 1.54) is 17.4 Å². The zero-order valence-corrected chi connectivity index (χ0v) is 17.1. The van der Waals surface area contributed by atoms with Gasteiger partial charge in [0.05, 0.1) is 12.1 Å². The molecule has 4 rings (SSSR count). The molecule has 1 saturated heterocycles. The number of anilines is 1. The average molecular weight is 433 g/mol. The normalized spacial score (nSPS) is 14.0. The number of nitrogens with zero attached hydrogens (tertiary/aromatic N) is 2. The van der Waals surface area contributed by atoms with E-state index in [4.69, 9.17) is 20.8 Å². The van der Waals surface area contributed by atoms with Crippen LogP contribution in [0.4, 0.5) is 5.13 Å². The second-order valence-corrected chi connectivity index (χ2v) is 8.04. The van der Waals surface area contributed by atoms with Crippen LogP contribution in [-0.4, -0.2) is 23.4 Å². The Bertz CT molecular complexity index is 1170. The van der Waals surface area contributed by atoms with Crippen LogP contribution in [0.2, 0.25) is 5.02 Å². The van der Waals surface area contributed by atoms with E-state index < -0.39 is 11.6 Å². The maximum Gasteiger partial charge on any atom is 0.336 e. The van der Waals surface area contributed by atoms with Gasteiger partial charge in [-0.2, -0.15) is 0 Å². The third-order valence-corrected chi connectivity index (χ3v) is 5.99. The molecule has 1 fully saturated rings. The molecule has 0 unspecified atom stereocenters. The Balaban J connectivity index is 1.45. The molecule has 1 aliphatic heterocycles. The van der Waals surface area contributed by atoms with Crippen molar-refractivity contribution in [1.29, 1.82) is 0 Å². The lowest BCUT2D eigenvalue weighted by Crippen LogP contribution is -2.23. The number of aromatic nitrogens is 1. The van der Waals surface area contributed by atoms with Crippen LogP contribution in [0.1, 0.15) is 29.7 Å². The number of amides is 1. The van der Waals surface area contributed by atoms with Gasteiger partial charge >= 0.3 is 11.6 Å². The number of esters is 1. The van der Waals surface area contributed by atoms with Crippen LogP contribution in [0.15, 0.2) is 32.8 Å². The monoisotopic (exact) mass is 432 g/mol. The van der Waals surface area contributed by atoms with Gasteiger partial charge in [-0.05, 0) is 31.0 Å². The Hall–Kier alpha value is -2.71. The van der Waals surface area contributed by atoms with Crippen LogP contribution in [0.25, 0.3) is 11.0 Å². The zero-order chi connectivity index (χ0) is 20.5. The fraction of sp³-hybridized carbons (Fsp3) is 0.300. The predicted octanol–water partition coefficient (Wildman–Crippen LogP) is 3.62. The van der Waals surface area contributed by atoms with Crippen molar-refractivity contribution in [2.75, 3.05) is 11.4 Å². The quantitative estimate of drug-likeness (QED) is 0.451. The molecule has 3 heterocycles. The van der Waals surface area contributed by atoms with E-state index in [1.807, 2.05) is 6.92 Å². The van der Waals surface area contributed by atoms with Crippen LogP contribution in [0, 0.1) is 6.92 Å². The summed E-state index contributed by atoms with van der Waals surface area (Å²) < 4.78 is 10.5. The van der Waals surface area contributed by atoms with E-state index in [1.54, 1.807) is 22.4 Å². The third kappa shape index (κ3) is 4.18. The Kier molecular flexibility index (Phi) is 5.38. The third-order valence-electron chi connectivity index (χ3n) is 4.67. The lowest BCUT2D eigenvalue weighted by Gasteiger charge is -2.10. The van der Waals surface area contributed by atoms with Crippen LogP contribution >= 0.6 is 22.9 Å². The van der Waals surface area contributed by atoms with Crippen molar-refractivity contribution in [2.24, 2.45) is 0 Å². The summed E-state index contributed by atoms with van der Waals surface area (Å²) in [6.07, 6.45) is 1.33. The van der Waals surface area contributed by atoms with Crippen molar-refractivity contribution >= 4 is 50.9 Å². The molecule has 0 radical (unpaired) electrons. The minimum Gasteiger partial charge on any atom is -0.460 e. The van der Waals surface area contributed by atoms with Gasteiger partial charge in [0.25, 0.3) is 0 Å². The highest BCUT2D eigenvalue weighted by molar-refractivity contribution is 7.14. The number of halogens is 1. The molecular weight excluding hydrogens is 416 g/mol. The molecule has 1 aromatic carbocycles. The van der Waals surface area contributed by atoms with Crippen molar-refractivity contribution < 1.29 is 18.7 Å². The molecule has 2 aromatic heterocycles. The van der Waals surface area contributed by atoms with Gasteiger partial charge < -0.3 is 9.15 Å².